The van der Waals surface area contributed by atoms with Gasteiger partial charge in [0.1, 0.15) is 5.82 Å². The average molecular weight is 364 g/mol. The van der Waals surface area contributed by atoms with Gasteiger partial charge in [-0.1, -0.05) is 11.6 Å². The predicted octanol–water partition coefficient (Wildman–Crippen LogP) is 2.93. The number of amides is 2. The van der Waals surface area contributed by atoms with E-state index in [-0.39, 0.29) is 29.5 Å². The van der Waals surface area contributed by atoms with Crippen molar-refractivity contribution in [3.8, 4) is 0 Å². The molecular formula is C18H19ClFN3O2. The lowest BCUT2D eigenvalue weighted by Crippen LogP contribution is -2.30. The largest absolute Gasteiger partial charge is 0.352 e. The number of hydrogen-bond donors (Lipinski definition) is 2. The predicted molar refractivity (Wildman–Crippen MR) is 93.9 cm³/mol. The summed E-state index contributed by atoms with van der Waals surface area (Å²) in [4.78, 5) is 28.1. The van der Waals surface area contributed by atoms with Crippen molar-refractivity contribution < 1.29 is 14.0 Å². The van der Waals surface area contributed by atoms with Crippen LogP contribution in [-0.2, 0) is 11.3 Å². The minimum Gasteiger partial charge on any atom is -0.352 e. The number of carbonyl (C=O) groups excluding carboxylic acids is 2. The van der Waals surface area contributed by atoms with E-state index in [1.54, 1.807) is 0 Å². The van der Waals surface area contributed by atoms with E-state index in [9.17, 15) is 14.0 Å². The molecule has 2 aromatic rings. The van der Waals surface area contributed by atoms with Crippen molar-refractivity contribution >= 4 is 23.4 Å². The molecule has 0 bridgehead atoms. The van der Waals surface area contributed by atoms with Crippen LogP contribution in [0.1, 0.15) is 33.7 Å². The maximum absolute atomic E-state index is 13.0. The Morgan fingerprint density at radius 3 is 2.44 bits per heavy atom. The lowest BCUT2D eigenvalue weighted by Gasteiger charge is -2.09. The highest BCUT2D eigenvalue weighted by atomic mass is 35.5. The number of aromatic nitrogens is 1. The van der Waals surface area contributed by atoms with E-state index in [1.165, 1.54) is 6.07 Å². The molecule has 0 atom stereocenters. The molecule has 2 amide bonds. The molecule has 0 saturated heterocycles. The van der Waals surface area contributed by atoms with Gasteiger partial charge in [-0.25, -0.2) is 4.39 Å². The minimum atomic E-state index is -0.512. The smallest absolute Gasteiger partial charge is 0.252 e. The highest BCUT2D eigenvalue weighted by Crippen LogP contribution is 2.16. The highest BCUT2D eigenvalue weighted by molar-refractivity contribution is 6.33. The van der Waals surface area contributed by atoms with Gasteiger partial charge in [-0.2, -0.15) is 0 Å². The summed E-state index contributed by atoms with van der Waals surface area (Å²) in [5.41, 5.74) is 2.94. The number of nitrogens with zero attached hydrogens (tertiary/aromatic N) is 1. The van der Waals surface area contributed by atoms with Crippen LogP contribution in [0.5, 0.6) is 0 Å². The standard InChI is InChI=1S/C18H19ClFN3O2/c1-11-7-13(8-12(2)23-11)10-22-17(24)5-6-21-18(25)15-4-3-14(20)9-16(15)19/h3-4,7-9H,5-6,10H2,1-2H3,(H,21,25)(H,22,24). The van der Waals surface area contributed by atoms with Gasteiger partial charge in [0.05, 0.1) is 10.6 Å². The van der Waals surface area contributed by atoms with Crippen LogP contribution in [0.4, 0.5) is 4.39 Å². The Kier molecular flexibility index (Phi) is 6.47. The molecule has 0 aliphatic rings. The van der Waals surface area contributed by atoms with E-state index in [2.05, 4.69) is 15.6 Å². The number of hydrogen-bond acceptors (Lipinski definition) is 3. The Labute approximate surface area is 150 Å². The lowest BCUT2D eigenvalue weighted by atomic mass is 10.2. The molecule has 7 heteroatoms. The summed E-state index contributed by atoms with van der Waals surface area (Å²) in [5.74, 6) is -1.14. The van der Waals surface area contributed by atoms with Crippen molar-refractivity contribution in [1.82, 2.24) is 15.6 Å². The first-order chi connectivity index (χ1) is 11.8. The van der Waals surface area contributed by atoms with Crippen molar-refractivity contribution in [3.05, 3.63) is 63.7 Å². The minimum absolute atomic E-state index is 0.0328. The van der Waals surface area contributed by atoms with Gasteiger partial charge < -0.3 is 10.6 Å². The van der Waals surface area contributed by atoms with Gasteiger partial charge in [-0.05, 0) is 49.7 Å². The van der Waals surface area contributed by atoms with Crippen molar-refractivity contribution in [3.63, 3.8) is 0 Å². The van der Waals surface area contributed by atoms with Crippen LogP contribution in [-0.4, -0.2) is 23.3 Å². The van der Waals surface area contributed by atoms with Gasteiger partial charge in [-0.3, -0.25) is 14.6 Å². The van der Waals surface area contributed by atoms with Crippen LogP contribution in [0.2, 0.25) is 5.02 Å². The molecule has 0 radical (unpaired) electrons. The van der Waals surface area contributed by atoms with E-state index < -0.39 is 11.7 Å². The summed E-state index contributed by atoms with van der Waals surface area (Å²) in [6.45, 7) is 4.36. The quantitative estimate of drug-likeness (QED) is 0.829. The maximum atomic E-state index is 13.0. The molecule has 1 aromatic heterocycles. The molecule has 0 spiro atoms. The van der Waals surface area contributed by atoms with Crippen LogP contribution in [0, 0.1) is 19.7 Å². The number of rotatable bonds is 6. The zero-order valence-electron chi connectivity index (χ0n) is 14.0. The second-order valence-corrected chi connectivity index (χ2v) is 6.07. The van der Waals surface area contributed by atoms with Gasteiger partial charge in [0.15, 0.2) is 0 Å². The summed E-state index contributed by atoms with van der Waals surface area (Å²) in [6.07, 6.45) is 0.133. The third-order valence-corrected chi connectivity index (χ3v) is 3.76. The van der Waals surface area contributed by atoms with E-state index >= 15 is 0 Å². The molecule has 2 N–H and O–H groups in total. The Morgan fingerprint density at radius 2 is 1.80 bits per heavy atom. The summed E-state index contributed by atoms with van der Waals surface area (Å²) >= 11 is 5.82. The topological polar surface area (TPSA) is 71.1 Å². The Morgan fingerprint density at radius 1 is 1.12 bits per heavy atom. The molecular weight excluding hydrogens is 345 g/mol. The van der Waals surface area contributed by atoms with E-state index in [4.69, 9.17) is 11.6 Å². The Hall–Kier alpha value is -2.47. The van der Waals surface area contributed by atoms with Crippen LogP contribution in [0.15, 0.2) is 30.3 Å². The van der Waals surface area contributed by atoms with Gasteiger partial charge in [-0.15, -0.1) is 0 Å². The normalized spacial score (nSPS) is 10.4. The first-order valence-corrected chi connectivity index (χ1v) is 8.17. The number of pyridine rings is 1. The second-order valence-electron chi connectivity index (χ2n) is 5.66. The Balaban J connectivity index is 1.77. The number of halogens is 2. The van der Waals surface area contributed by atoms with Crippen LogP contribution in [0.3, 0.4) is 0 Å². The molecule has 1 aromatic carbocycles. The summed E-state index contributed by atoms with van der Waals surface area (Å²) in [5, 5.41) is 5.41. The highest BCUT2D eigenvalue weighted by Gasteiger charge is 2.11. The Bertz CT molecular complexity index is 776. The monoisotopic (exact) mass is 363 g/mol. The molecule has 0 aliphatic carbocycles. The number of benzene rings is 1. The van der Waals surface area contributed by atoms with E-state index in [0.29, 0.717) is 6.54 Å². The van der Waals surface area contributed by atoms with Gasteiger partial charge >= 0.3 is 0 Å². The number of nitrogens with one attached hydrogen (secondary N) is 2. The van der Waals surface area contributed by atoms with Crippen molar-refractivity contribution in [2.24, 2.45) is 0 Å². The van der Waals surface area contributed by atoms with E-state index in [0.717, 1.165) is 29.1 Å². The molecule has 132 valence electrons. The van der Waals surface area contributed by atoms with E-state index in [1.807, 2.05) is 26.0 Å². The van der Waals surface area contributed by atoms with Crippen LogP contribution in [0.25, 0.3) is 0 Å². The summed E-state index contributed by atoms with van der Waals surface area (Å²) in [7, 11) is 0. The molecule has 1 heterocycles. The molecule has 0 saturated carbocycles. The summed E-state index contributed by atoms with van der Waals surface area (Å²) < 4.78 is 13.0. The zero-order valence-corrected chi connectivity index (χ0v) is 14.8. The van der Waals surface area contributed by atoms with Crippen LogP contribution < -0.4 is 10.6 Å². The first kappa shape index (κ1) is 18.9. The average Bonchev–Trinajstić information content (AvgIpc) is 2.52. The number of aryl methyl sites for hydroxylation is 2. The second kappa shape index (κ2) is 8.58. The van der Waals surface area contributed by atoms with Crippen molar-refractivity contribution in [2.45, 2.75) is 26.8 Å². The molecule has 0 aliphatic heterocycles. The third kappa shape index (κ3) is 5.83. The van der Waals surface area contributed by atoms with Gasteiger partial charge in [0.25, 0.3) is 5.91 Å². The fourth-order valence-electron chi connectivity index (χ4n) is 2.37. The molecule has 25 heavy (non-hydrogen) atoms. The van der Waals surface area contributed by atoms with Gasteiger partial charge in [0.2, 0.25) is 5.91 Å². The SMILES string of the molecule is Cc1cc(CNC(=O)CCNC(=O)c2ccc(F)cc2Cl)cc(C)n1. The molecule has 0 unspecified atom stereocenters. The molecule has 0 fully saturated rings. The lowest BCUT2D eigenvalue weighted by molar-refractivity contribution is -0.121. The first-order valence-electron chi connectivity index (χ1n) is 7.79. The third-order valence-electron chi connectivity index (χ3n) is 3.44. The van der Waals surface area contributed by atoms with Crippen molar-refractivity contribution in [1.29, 1.82) is 0 Å². The fourth-order valence-corrected chi connectivity index (χ4v) is 2.62. The van der Waals surface area contributed by atoms with Gasteiger partial charge in [0, 0.05) is 30.9 Å². The molecule has 5 nitrogen and oxygen atoms in total. The van der Waals surface area contributed by atoms with Crippen LogP contribution >= 0.6 is 11.6 Å². The summed E-state index contributed by atoms with van der Waals surface area (Å²) in [6, 6.07) is 7.35. The zero-order chi connectivity index (χ0) is 18.4. The van der Waals surface area contributed by atoms with Crippen molar-refractivity contribution in [2.75, 3.05) is 6.54 Å². The maximum Gasteiger partial charge on any atom is 0.252 e. The molecule has 2 rings (SSSR count). The number of carbonyl (C=O) groups is 2. The fraction of sp³-hybridized carbons (Fsp3) is 0.278.